The van der Waals surface area contributed by atoms with Crippen molar-refractivity contribution in [3.8, 4) is 0 Å². The maximum atomic E-state index is 12.8. The van der Waals surface area contributed by atoms with Gasteiger partial charge in [-0.3, -0.25) is 0 Å². The molecule has 0 aromatic rings. The lowest BCUT2D eigenvalue weighted by molar-refractivity contribution is 0.00578. The summed E-state index contributed by atoms with van der Waals surface area (Å²) in [6.07, 6.45) is 6.59. The molecule has 2 heterocycles. The number of urea groups is 1. The van der Waals surface area contributed by atoms with Crippen molar-refractivity contribution >= 4 is 13.1 Å². The summed E-state index contributed by atoms with van der Waals surface area (Å²) in [5, 5.41) is 3.31. The third-order valence-corrected chi connectivity index (χ3v) is 7.18. The van der Waals surface area contributed by atoms with Crippen LogP contribution in [0.3, 0.4) is 0 Å². The van der Waals surface area contributed by atoms with Crippen LogP contribution in [0.1, 0.15) is 66.2 Å². The van der Waals surface area contributed by atoms with Gasteiger partial charge in [0.05, 0.1) is 11.2 Å². The van der Waals surface area contributed by atoms with Crippen LogP contribution in [0.2, 0.25) is 5.82 Å². The molecule has 7 heteroatoms. The first-order valence-electron chi connectivity index (χ1n) is 10.7. The molecule has 0 aromatic heterocycles. The van der Waals surface area contributed by atoms with Crippen LogP contribution in [0, 0.1) is 0 Å². The second-order valence-electron chi connectivity index (χ2n) is 9.82. The van der Waals surface area contributed by atoms with Crippen LogP contribution in [0.15, 0.2) is 0 Å². The van der Waals surface area contributed by atoms with Gasteiger partial charge in [0, 0.05) is 25.2 Å². The predicted molar refractivity (Wildman–Crippen MR) is 109 cm³/mol. The maximum Gasteiger partial charge on any atom is 0.461 e. The van der Waals surface area contributed by atoms with Crippen LogP contribution in [-0.4, -0.2) is 73.4 Å². The minimum atomic E-state index is -0.283. The lowest BCUT2D eigenvalue weighted by Crippen LogP contribution is -2.55. The maximum absolute atomic E-state index is 12.8. The van der Waals surface area contributed by atoms with Gasteiger partial charge in [0.2, 0.25) is 0 Å². The zero-order valence-corrected chi connectivity index (χ0v) is 18.1. The highest BCUT2D eigenvalue weighted by Crippen LogP contribution is 2.42. The first kappa shape index (κ1) is 20.9. The molecule has 3 aliphatic rings. The van der Waals surface area contributed by atoms with Gasteiger partial charge in [0.1, 0.15) is 0 Å². The Morgan fingerprint density at radius 3 is 2.11 bits per heavy atom. The van der Waals surface area contributed by atoms with Crippen molar-refractivity contribution in [3.05, 3.63) is 0 Å². The zero-order valence-electron chi connectivity index (χ0n) is 18.1. The molecule has 0 bridgehead atoms. The Morgan fingerprint density at radius 1 is 1.00 bits per heavy atom. The minimum Gasteiger partial charge on any atom is -0.403 e. The van der Waals surface area contributed by atoms with Gasteiger partial charge in [-0.1, -0.05) is 12.8 Å². The van der Waals surface area contributed by atoms with Gasteiger partial charge in [-0.25, -0.2) is 4.79 Å². The van der Waals surface area contributed by atoms with Gasteiger partial charge in [-0.2, -0.15) is 0 Å². The van der Waals surface area contributed by atoms with Crippen molar-refractivity contribution in [1.29, 1.82) is 0 Å². The molecule has 6 nitrogen and oxygen atoms in total. The molecule has 0 radical (unpaired) electrons. The molecule has 154 valence electrons. The number of hydrogen-bond acceptors (Lipinski definition) is 4. The van der Waals surface area contributed by atoms with Crippen LogP contribution in [-0.2, 0) is 9.31 Å². The number of carbonyl (C=O) groups excluding carboxylic acids is 1. The summed E-state index contributed by atoms with van der Waals surface area (Å²) in [6, 6.07) is 0.813. The summed E-state index contributed by atoms with van der Waals surface area (Å²) < 4.78 is 12.4. The Kier molecular flexibility index (Phi) is 6.14. The molecule has 1 saturated carbocycles. The van der Waals surface area contributed by atoms with Gasteiger partial charge in [-0.05, 0) is 73.3 Å². The van der Waals surface area contributed by atoms with E-state index in [9.17, 15) is 4.79 Å². The molecule has 2 atom stereocenters. The smallest absolute Gasteiger partial charge is 0.403 e. The van der Waals surface area contributed by atoms with Gasteiger partial charge < -0.3 is 24.4 Å². The fourth-order valence-corrected chi connectivity index (χ4v) is 4.60. The average molecular weight is 379 g/mol. The second-order valence-corrected chi connectivity index (χ2v) is 9.82. The van der Waals surface area contributed by atoms with Crippen molar-refractivity contribution in [2.75, 3.05) is 27.2 Å². The largest absolute Gasteiger partial charge is 0.461 e. The average Bonchev–Trinajstić information content (AvgIpc) is 2.83. The summed E-state index contributed by atoms with van der Waals surface area (Å²) in [6.45, 7) is 9.95. The van der Waals surface area contributed by atoms with Crippen LogP contribution >= 0.6 is 0 Å². The van der Waals surface area contributed by atoms with Gasteiger partial charge in [0.25, 0.3) is 0 Å². The van der Waals surface area contributed by atoms with Crippen LogP contribution in [0.4, 0.5) is 4.79 Å². The molecule has 3 rings (SSSR count). The molecule has 27 heavy (non-hydrogen) atoms. The van der Waals surface area contributed by atoms with Crippen LogP contribution in [0.5, 0.6) is 0 Å². The number of likely N-dealkylation sites (tertiary alicyclic amines) is 1. The Bertz CT molecular complexity index is 517. The zero-order chi connectivity index (χ0) is 19.8. The standard InChI is InChI=1S/C20H38BN3O3/c1-19(2)20(3,4)27-21(26-19)15-11-13-24(14-12-15)18(25)22-16-9-7-8-10-17(16)23(5)6/h15-17H,7-14H2,1-6H3,(H,22,25). The van der Waals surface area contributed by atoms with Crippen LogP contribution in [0.25, 0.3) is 0 Å². The highest BCUT2D eigenvalue weighted by molar-refractivity contribution is 6.47. The summed E-state index contributed by atoms with van der Waals surface area (Å²) in [5.41, 5.74) is -0.567. The summed E-state index contributed by atoms with van der Waals surface area (Å²) in [4.78, 5) is 17.0. The van der Waals surface area contributed by atoms with E-state index in [1.807, 2.05) is 4.90 Å². The molecule has 1 aliphatic carbocycles. The van der Waals surface area contributed by atoms with Gasteiger partial charge in [-0.15, -0.1) is 0 Å². The van der Waals surface area contributed by atoms with Gasteiger partial charge >= 0.3 is 13.1 Å². The first-order chi connectivity index (χ1) is 12.6. The van der Waals surface area contributed by atoms with E-state index in [-0.39, 0.29) is 30.4 Å². The Morgan fingerprint density at radius 2 is 1.56 bits per heavy atom. The molecule has 2 saturated heterocycles. The molecule has 3 fully saturated rings. The molecule has 2 amide bonds. The number of piperidine rings is 1. The normalized spacial score (nSPS) is 31.4. The van der Waals surface area contributed by atoms with Crippen LogP contribution < -0.4 is 5.32 Å². The van der Waals surface area contributed by atoms with E-state index in [1.165, 1.54) is 19.3 Å². The number of amides is 2. The first-order valence-corrected chi connectivity index (χ1v) is 10.7. The highest BCUT2D eigenvalue weighted by atomic mass is 16.7. The number of nitrogens with zero attached hydrogens (tertiary/aromatic N) is 2. The lowest BCUT2D eigenvalue weighted by atomic mass is 9.67. The third kappa shape index (κ3) is 4.46. The lowest BCUT2D eigenvalue weighted by Gasteiger charge is -2.39. The topological polar surface area (TPSA) is 54.0 Å². The quantitative estimate of drug-likeness (QED) is 0.766. The van der Waals surface area contributed by atoms with Crippen molar-refractivity contribution in [2.45, 2.75) is 95.3 Å². The van der Waals surface area contributed by atoms with Crippen molar-refractivity contribution in [1.82, 2.24) is 15.1 Å². The predicted octanol–water partition coefficient (Wildman–Crippen LogP) is 3.13. The Hall–Kier alpha value is -0.785. The Labute approximate surface area is 165 Å². The summed E-state index contributed by atoms with van der Waals surface area (Å²) >= 11 is 0. The monoisotopic (exact) mass is 379 g/mol. The number of carbonyl (C=O) groups is 1. The van der Waals surface area contributed by atoms with E-state index >= 15 is 0 Å². The van der Waals surface area contributed by atoms with E-state index in [0.717, 1.165) is 32.4 Å². The highest BCUT2D eigenvalue weighted by Gasteiger charge is 2.54. The van der Waals surface area contributed by atoms with E-state index in [1.54, 1.807) is 0 Å². The number of nitrogens with one attached hydrogen (secondary N) is 1. The SMILES string of the molecule is CN(C)C1CCCCC1NC(=O)N1CCC(B2OC(C)(C)C(C)(C)O2)CC1. The molecular weight excluding hydrogens is 341 g/mol. The fraction of sp³-hybridized carbons (Fsp3) is 0.950. The van der Waals surface area contributed by atoms with E-state index < -0.39 is 0 Å². The van der Waals surface area contributed by atoms with E-state index in [2.05, 4.69) is 52.0 Å². The molecule has 2 aliphatic heterocycles. The fourth-order valence-electron chi connectivity index (χ4n) is 4.60. The molecule has 0 aromatic carbocycles. The second kappa shape index (κ2) is 7.92. The summed E-state index contributed by atoms with van der Waals surface area (Å²) in [7, 11) is 4.08. The van der Waals surface area contributed by atoms with Gasteiger partial charge in [0.15, 0.2) is 0 Å². The number of likely N-dealkylation sites (N-methyl/N-ethyl adjacent to an activating group) is 1. The Balaban J connectivity index is 1.50. The molecule has 1 N–H and O–H groups in total. The molecule has 2 unspecified atom stereocenters. The third-order valence-electron chi connectivity index (χ3n) is 7.18. The van der Waals surface area contributed by atoms with E-state index in [4.69, 9.17) is 9.31 Å². The number of hydrogen-bond donors (Lipinski definition) is 1. The summed E-state index contributed by atoms with van der Waals surface area (Å²) in [5.74, 6) is 0.360. The minimum absolute atomic E-state index is 0.0983. The molecule has 0 spiro atoms. The molecular formula is C20H38BN3O3. The van der Waals surface area contributed by atoms with Crippen molar-refractivity contribution < 1.29 is 14.1 Å². The van der Waals surface area contributed by atoms with Crippen molar-refractivity contribution in [3.63, 3.8) is 0 Å². The van der Waals surface area contributed by atoms with Crippen molar-refractivity contribution in [2.24, 2.45) is 0 Å². The number of rotatable bonds is 3. The van der Waals surface area contributed by atoms with E-state index in [0.29, 0.717) is 11.9 Å².